The number of nitrogens with one attached hydrogen (secondary N) is 3. The number of halogens is 3. The van der Waals surface area contributed by atoms with Crippen molar-refractivity contribution in [3.63, 3.8) is 0 Å². The van der Waals surface area contributed by atoms with Gasteiger partial charge in [0.1, 0.15) is 55.1 Å². The van der Waals surface area contributed by atoms with Gasteiger partial charge in [-0.2, -0.15) is 0 Å². The summed E-state index contributed by atoms with van der Waals surface area (Å²) in [5.41, 5.74) is -15.8. The molecule has 0 bridgehead atoms. The minimum absolute atomic E-state index is 0. The Morgan fingerprint density at radius 1 is 0.478 bits per heavy atom. The number of nitrogens with zero attached hydrogens (tertiary/aromatic N) is 3. The normalized spacial score (nSPS) is 28.3. The minimum Gasteiger partial charge on any atom is -0.432 e. The van der Waals surface area contributed by atoms with E-state index >= 15 is 4.39 Å². The minimum atomic E-state index is -4.91. The number of H-pyrrole nitrogens is 3. The fourth-order valence-corrected chi connectivity index (χ4v) is 15.0. The molecule has 0 amide bonds. The van der Waals surface area contributed by atoms with E-state index in [1.807, 2.05) is 4.98 Å². The molecule has 2 spiro atoms. The van der Waals surface area contributed by atoms with E-state index in [0.29, 0.717) is 30.3 Å². The van der Waals surface area contributed by atoms with E-state index in [-0.39, 0.29) is 22.3 Å². The van der Waals surface area contributed by atoms with Gasteiger partial charge in [-0.25, -0.2) is 74.0 Å². The molecule has 42 nitrogen and oxygen atoms in total. The molecule has 0 unspecified atom stereocenters. The zero-order chi connectivity index (χ0) is 81.2. The van der Waals surface area contributed by atoms with E-state index in [4.69, 9.17) is 88.7 Å². The molecule has 6 N–H and O–H groups in total. The highest BCUT2D eigenvalue weighted by atomic mass is 31.2. The van der Waals surface area contributed by atoms with Crippen molar-refractivity contribution in [1.29, 1.82) is 0 Å². The van der Waals surface area contributed by atoms with Crippen LogP contribution in [0.1, 0.15) is 168 Å². The number of aliphatic hydroxyl groups is 3. The number of aliphatic hydroxyl groups excluding tert-OH is 2. The Morgan fingerprint density at radius 3 is 1.05 bits per heavy atom. The quantitative estimate of drug-likeness (QED) is 0.0184. The summed E-state index contributed by atoms with van der Waals surface area (Å²) >= 11 is 0. The van der Waals surface area contributed by atoms with Crippen molar-refractivity contribution in [3.8, 4) is 0 Å². The molecule has 5 saturated heterocycles. The lowest BCUT2D eigenvalue weighted by Gasteiger charge is -2.34. The number of carbonyl (C=O) groups excluding carboxylic acids is 4. The zero-order valence-corrected chi connectivity index (χ0v) is 63.4. The lowest BCUT2D eigenvalue weighted by atomic mass is 9.88. The van der Waals surface area contributed by atoms with Gasteiger partial charge in [-0.1, -0.05) is 22.3 Å². The summed E-state index contributed by atoms with van der Waals surface area (Å²) in [5, 5.41) is 31.5. The number of phosphoric ester groups is 2. The predicted molar refractivity (Wildman–Crippen MR) is 377 cm³/mol. The molecule has 2 aliphatic carbocycles. The molecule has 8 heterocycles. The summed E-state index contributed by atoms with van der Waals surface area (Å²) in [4.78, 5) is 125. The molecule has 2 saturated carbocycles. The van der Waals surface area contributed by atoms with Crippen molar-refractivity contribution >= 4 is 40.3 Å². The second kappa shape index (κ2) is 39.1. The summed E-state index contributed by atoms with van der Waals surface area (Å²) < 4.78 is 184. The average molecular weight is 1680 g/mol. The fourth-order valence-electron chi connectivity index (χ4n) is 13.1. The van der Waals surface area contributed by atoms with E-state index in [9.17, 15) is 81.2 Å². The molecular weight excluding hydrogens is 1570 g/mol. The second-order valence-electron chi connectivity index (χ2n) is 27.8. The third-order valence-electron chi connectivity index (χ3n) is 17.8. The Balaban J connectivity index is 0.000000309. The standard InChI is InChI=1S/C26H38FN2O15P.C21H32FN2O15P.C16H21FN2O6.3CH4/c1-16(2)40-22(32)35-14-38-45(34,39-15-36-23(33)41-17(3)4)37-13-25(12-27)19-24(5,44-26(42-19)9-6-7-10-26)20(43-25)29-11-8-18(30)28-21(29)31;1-12(2)37-18(28)32-10-35-40(31,36-11-33-19(29)38-13(3)4)34-9-21(8-22)15(26)20(5,30)16(39-21)24-7-6-14(25)23-17(24)27;1-14-11(23-16(25-14)5-2-3-6-16)15(8-17,9-20)24-12(14)19-7-4-10(21)18-13(19)22;;;/h8,11,16-17,19-20H,6-7,9-10,12-15H2,1-5H3,(H,28,30,31);6-7,12-13,15-16,26,30H,8-11H2,1-5H3,(H,23,25,27);4,7,11-12,20H,2-3,5-6,8-9H2,1H3,(H,18,21,22);3*1H4/t19-,20+,24+,25+;15-,16+,20+,21+;11-,12+,14+,15+;;;/m000.../s1. The molecule has 3 aromatic rings. The van der Waals surface area contributed by atoms with Crippen LogP contribution < -0.4 is 33.7 Å². The van der Waals surface area contributed by atoms with E-state index in [1.54, 1.807) is 41.5 Å². The molecule has 644 valence electrons. The molecule has 10 rings (SSSR count). The molecule has 7 fully saturated rings. The highest BCUT2D eigenvalue weighted by Gasteiger charge is 2.74. The van der Waals surface area contributed by atoms with Crippen LogP contribution >= 0.6 is 15.6 Å². The molecule has 7 aliphatic rings. The number of ether oxygens (including phenoxy) is 15. The summed E-state index contributed by atoms with van der Waals surface area (Å²) in [6.07, 6.45) is -6.21. The number of rotatable bonds is 29. The van der Waals surface area contributed by atoms with Crippen LogP contribution in [-0.4, -0.2) is 224 Å². The van der Waals surface area contributed by atoms with Crippen LogP contribution in [0, 0.1) is 0 Å². The van der Waals surface area contributed by atoms with Crippen LogP contribution in [0.15, 0.2) is 65.6 Å². The van der Waals surface area contributed by atoms with Crippen LogP contribution in [0.4, 0.5) is 32.3 Å². The SMILES string of the molecule is C.C.C.CC(C)OC(=O)OCOP(=O)(OCOC(=O)OC(C)C)OC[C@@]1(CF)O[C@@H](n2ccc(=O)[nH]c2=O)[C@](C)(O)[C@@H]1O.CC(C)OC(=O)OCOP(=O)(OCOC(=O)OC(C)C)OC[C@@]1(CF)O[C@@H](n2ccc(=O)[nH]c2=O)[C@]2(C)OC3(CCCC3)O[C@H]12.C[C@@]12OC3(CCCC3)O[C@@H]1[C@](CO)(CF)O[C@H]2n1ccc(=O)[nH]c1=O. The predicted octanol–water partition coefficient (Wildman–Crippen LogP) is 6.61. The highest BCUT2D eigenvalue weighted by molar-refractivity contribution is 7.48. The number of aromatic amines is 3. The van der Waals surface area contributed by atoms with Crippen molar-refractivity contribution < 1.29 is 155 Å². The Labute approximate surface area is 644 Å². The third kappa shape index (κ3) is 22.3. The van der Waals surface area contributed by atoms with E-state index in [0.717, 1.165) is 60.1 Å². The first-order chi connectivity index (χ1) is 51.6. The van der Waals surface area contributed by atoms with Gasteiger partial charge in [0.05, 0.1) is 44.2 Å². The van der Waals surface area contributed by atoms with Gasteiger partial charge >= 0.3 is 57.3 Å². The molecule has 12 atom stereocenters. The summed E-state index contributed by atoms with van der Waals surface area (Å²) in [5.74, 6) is -1.96. The van der Waals surface area contributed by atoms with Crippen molar-refractivity contribution in [2.24, 2.45) is 0 Å². The van der Waals surface area contributed by atoms with E-state index in [1.165, 1.54) is 46.2 Å². The van der Waals surface area contributed by atoms with Crippen molar-refractivity contribution in [2.75, 3.05) is 67.0 Å². The molecular formula is C66H103F3N6O36P2. The van der Waals surface area contributed by atoms with E-state index < -0.39 is 248 Å². The van der Waals surface area contributed by atoms with Crippen molar-refractivity contribution in [1.82, 2.24) is 28.7 Å². The largest absolute Gasteiger partial charge is 0.510 e. The summed E-state index contributed by atoms with van der Waals surface area (Å²) in [7, 11) is -9.74. The highest BCUT2D eigenvalue weighted by Crippen LogP contribution is 2.62. The van der Waals surface area contributed by atoms with Gasteiger partial charge < -0.3 is 86.4 Å². The van der Waals surface area contributed by atoms with Gasteiger partial charge in [0, 0.05) is 62.5 Å². The number of hydrogen-bond donors (Lipinski definition) is 6. The summed E-state index contributed by atoms with van der Waals surface area (Å²) in [6.45, 7) is 6.05. The molecule has 47 heteroatoms. The van der Waals surface area contributed by atoms with Crippen LogP contribution in [0.25, 0.3) is 0 Å². The number of alkyl halides is 3. The summed E-state index contributed by atoms with van der Waals surface area (Å²) in [6, 6.07) is 3.18. The number of carbonyl (C=O) groups is 4. The average Bonchev–Trinajstić information content (AvgIpc) is 1.54. The first-order valence-electron chi connectivity index (χ1n) is 34.4. The van der Waals surface area contributed by atoms with Gasteiger partial charge in [-0.15, -0.1) is 0 Å². The molecule has 0 radical (unpaired) electrons. The van der Waals surface area contributed by atoms with Crippen LogP contribution in [0.5, 0.6) is 0 Å². The Hall–Kier alpha value is -7.27. The monoisotopic (exact) mass is 1670 g/mol. The van der Waals surface area contributed by atoms with Gasteiger partial charge in [0.25, 0.3) is 16.7 Å². The van der Waals surface area contributed by atoms with Gasteiger partial charge in [0.2, 0.25) is 27.2 Å². The molecule has 5 aliphatic heterocycles. The maximum atomic E-state index is 15.2. The van der Waals surface area contributed by atoms with Gasteiger partial charge in [-0.05, 0) is 102 Å². The number of fused-ring (bicyclic) bond motifs is 2. The van der Waals surface area contributed by atoms with Crippen LogP contribution in [-0.2, 0) is 107 Å². The number of aromatic nitrogens is 6. The van der Waals surface area contributed by atoms with Crippen LogP contribution in [0.2, 0.25) is 0 Å². The van der Waals surface area contributed by atoms with Gasteiger partial charge in [-0.3, -0.25) is 52.1 Å². The Bertz CT molecular complexity index is 4090. The number of hydrogen-bond acceptors (Lipinski definition) is 36. The van der Waals surface area contributed by atoms with E-state index in [2.05, 4.69) is 19.4 Å². The molecule has 0 aromatic carbocycles. The lowest BCUT2D eigenvalue weighted by Crippen LogP contribution is -2.53. The topological polar surface area (TPSA) is 522 Å². The molecule has 3 aromatic heterocycles. The van der Waals surface area contributed by atoms with Crippen LogP contribution in [0.3, 0.4) is 0 Å². The zero-order valence-electron chi connectivity index (χ0n) is 61.6. The maximum absolute atomic E-state index is 15.2. The lowest BCUT2D eigenvalue weighted by molar-refractivity contribution is -0.253. The van der Waals surface area contributed by atoms with Crippen molar-refractivity contribution in [3.05, 3.63) is 99.3 Å². The number of phosphoric acid groups is 2. The maximum Gasteiger partial charge on any atom is 0.510 e. The first kappa shape index (κ1) is 96.3. The second-order valence-corrected chi connectivity index (χ2v) is 31.2. The fraction of sp³-hybridized carbons (Fsp3) is 0.758. The first-order valence-corrected chi connectivity index (χ1v) is 37.3. The Kier molecular flexibility index (Phi) is 33.3. The smallest absolute Gasteiger partial charge is 0.432 e. The van der Waals surface area contributed by atoms with Crippen molar-refractivity contribution in [2.45, 2.75) is 256 Å². The van der Waals surface area contributed by atoms with Gasteiger partial charge in [0.15, 0.2) is 47.1 Å². The molecule has 113 heavy (non-hydrogen) atoms. The Morgan fingerprint density at radius 2 is 0.761 bits per heavy atom. The third-order valence-corrected chi connectivity index (χ3v) is 20.4.